The van der Waals surface area contributed by atoms with Crippen molar-refractivity contribution in [2.45, 2.75) is 13.1 Å². The van der Waals surface area contributed by atoms with Crippen molar-refractivity contribution in [1.82, 2.24) is 34.0 Å². The van der Waals surface area contributed by atoms with Crippen LogP contribution in [0.2, 0.25) is 0 Å². The van der Waals surface area contributed by atoms with Crippen LogP contribution in [-0.2, 0) is 13.1 Å². The first-order valence-electron chi connectivity index (χ1n) is 13.1. The van der Waals surface area contributed by atoms with E-state index in [-0.39, 0.29) is 33.8 Å². The van der Waals surface area contributed by atoms with E-state index >= 15 is 0 Å². The molecule has 6 rings (SSSR count). The number of halogens is 2. The van der Waals surface area contributed by atoms with Crippen LogP contribution < -0.4 is 11.2 Å². The summed E-state index contributed by atoms with van der Waals surface area (Å²) in [5.74, 6) is -1.47. The SMILES string of the molecule is CN(C)Cc1c(-c2ccc([N+](=O)[O-])cc2)sc2c1c(=O)n(-c1ccc(-n3cccn3)nn1)c(=O)n2Cc1c(F)cccc1F. The zero-order chi connectivity index (χ0) is 31.1. The van der Waals surface area contributed by atoms with Gasteiger partial charge in [-0.1, -0.05) is 6.07 Å². The Morgan fingerprint density at radius 3 is 2.20 bits per heavy atom. The number of nitrogens with zero attached hydrogens (tertiary/aromatic N) is 8. The summed E-state index contributed by atoms with van der Waals surface area (Å²) in [7, 11) is 3.59. The van der Waals surface area contributed by atoms with Gasteiger partial charge in [0.05, 0.1) is 16.9 Å². The first-order valence-corrected chi connectivity index (χ1v) is 13.9. The van der Waals surface area contributed by atoms with E-state index in [0.29, 0.717) is 21.8 Å². The molecule has 15 heteroatoms. The fourth-order valence-electron chi connectivity index (χ4n) is 4.85. The van der Waals surface area contributed by atoms with Crippen molar-refractivity contribution in [2.75, 3.05) is 14.1 Å². The number of benzene rings is 2. The molecule has 4 heterocycles. The minimum Gasteiger partial charge on any atom is -0.305 e. The van der Waals surface area contributed by atoms with Gasteiger partial charge in [-0.25, -0.2) is 22.8 Å². The zero-order valence-electron chi connectivity index (χ0n) is 23.2. The van der Waals surface area contributed by atoms with Gasteiger partial charge in [0.25, 0.3) is 11.2 Å². The van der Waals surface area contributed by atoms with E-state index in [2.05, 4.69) is 15.3 Å². The second kappa shape index (κ2) is 11.3. The largest absolute Gasteiger partial charge is 0.338 e. The molecule has 0 unspecified atom stereocenters. The van der Waals surface area contributed by atoms with Gasteiger partial charge in [0.2, 0.25) is 0 Å². The van der Waals surface area contributed by atoms with E-state index in [4.69, 9.17) is 0 Å². The second-order valence-corrected chi connectivity index (χ2v) is 11.0. The third-order valence-electron chi connectivity index (χ3n) is 6.87. The zero-order valence-corrected chi connectivity index (χ0v) is 24.0. The standard InChI is InChI=1S/C29H22F2N8O4S/c1-35(2)15-20-25-27(40)38(24-12-11-23(33-34-24)37-14-4-13-32-37)29(41)36(16-19-21(30)5-3-6-22(19)31)28(25)44-26(20)17-7-9-18(10-8-17)39(42)43/h3-14H,15-16H2,1-2H3. The van der Waals surface area contributed by atoms with Crippen LogP contribution in [-0.4, -0.2) is 53.0 Å². The van der Waals surface area contributed by atoms with Crippen LogP contribution in [0.5, 0.6) is 0 Å². The Bertz CT molecular complexity index is 2120. The molecule has 0 saturated heterocycles. The van der Waals surface area contributed by atoms with Crippen LogP contribution in [0.3, 0.4) is 0 Å². The van der Waals surface area contributed by atoms with E-state index in [1.165, 1.54) is 35.0 Å². The molecular formula is C29H22F2N8O4S. The Labute approximate surface area is 250 Å². The van der Waals surface area contributed by atoms with Gasteiger partial charge in [-0.3, -0.25) is 19.5 Å². The molecule has 0 spiro atoms. The summed E-state index contributed by atoms with van der Waals surface area (Å²) < 4.78 is 33.1. The lowest BCUT2D eigenvalue weighted by molar-refractivity contribution is -0.384. The molecule has 0 radical (unpaired) electrons. The Morgan fingerprint density at radius 2 is 1.61 bits per heavy atom. The number of rotatable bonds is 8. The summed E-state index contributed by atoms with van der Waals surface area (Å²) in [5.41, 5.74) is -0.946. The highest BCUT2D eigenvalue weighted by Gasteiger charge is 2.26. The molecule has 0 atom stereocenters. The normalized spacial score (nSPS) is 11.5. The summed E-state index contributed by atoms with van der Waals surface area (Å²) in [6.07, 6.45) is 3.20. The van der Waals surface area contributed by atoms with Gasteiger partial charge >= 0.3 is 5.69 Å². The van der Waals surface area contributed by atoms with Crippen LogP contribution >= 0.6 is 11.3 Å². The van der Waals surface area contributed by atoms with Crippen molar-refractivity contribution in [3.05, 3.63) is 127 Å². The topological polar surface area (TPSA) is 134 Å². The van der Waals surface area contributed by atoms with Crippen LogP contribution in [0.15, 0.2) is 82.6 Å². The molecule has 4 aromatic heterocycles. The molecule has 0 aliphatic rings. The predicted molar refractivity (Wildman–Crippen MR) is 159 cm³/mol. The Kier molecular flexibility index (Phi) is 7.40. The molecule has 12 nitrogen and oxygen atoms in total. The first-order chi connectivity index (χ1) is 21.1. The van der Waals surface area contributed by atoms with Gasteiger partial charge in [0.1, 0.15) is 16.5 Å². The van der Waals surface area contributed by atoms with E-state index < -0.39 is 34.4 Å². The minimum atomic E-state index is -0.876. The number of hydrogen-bond acceptors (Lipinski definition) is 9. The van der Waals surface area contributed by atoms with Crippen molar-refractivity contribution in [3.8, 4) is 22.1 Å². The number of thiophene rings is 1. The second-order valence-electron chi connectivity index (χ2n) is 10.0. The van der Waals surface area contributed by atoms with Crippen molar-refractivity contribution in [2.24, 2.45) is 0 Å². The van der Waals surface area contributed by atoms with Gasteiger partial charge in [-0.15, -0.1) is 21.5 Å². The number of aromatic nitrogens is 6. The quantitative estimate of drug-likeness (QED) is 0.184. The van der Waals surface area contributed by atoms with Crippen molar-refractivity contribution < 1.29 is 13.7 Å². The minimum absolute atomic E-state index is 0.0977. The summed E-state index contributed by atoms with van der Waals surface area (Å²) in [6.45, 7) is -0.272. The molecule has 0 aliphatic heterocycles. The van der Waals surface area contributed by atoms with E-state index in [1.807, 2.05) is 4.90 Å². The number of fused-ring (bicyclic) bond motifs is 1. The van der Waals surface area contributed by atoms with Gasteiger partial charge in [-0.2, -0.15) is 5.10 Å². The molecule has 222 valence electrons. The lowest BCUT2D eigenvalue weighted by Gasteiger charge is -2.14. The van der Waals surface area contributed by atoms with Crippen LogP contribution in [0.4, 0.5) is 14.5 Å². The number of nitro groups is 1. The highest BCUT2D eigenvalue weighted by Crippen LogP contribution is 2.38. The maximum Gasteiger partial charge on any atom is 0.338 e. The Hall–Kier alpha value is -5.41. The fourth-order valence-corrected chi connectivity index (χ4v) is 6.15. The molecule has 2 aromatic carbocycles. The summed E-state index contributed by atoms with van der Waals surface area (Å²) in [4.78, 5) is 41.6. The van der Waals surface area contributed by atoms with Gasteiger partial charge in [0, 0.05) is 41.5 Å². The van der Waals surface area contributed by atoms with Gasteiger partial charge in [-0.05, 0) is 67.7 Å². The summed E-state index contributed by atoms with van der Waals surface area (Å²) >= 11 is 1.08. The first kappa shape index (κ1) is 28.7. The Morgan fingerprint density at radius 1 is 0.932 bits per heavy atom. The maximum atomic E-state index is 14.9. The fraction of sp³-hybridized carbons (Fsp3) is 0.138. The molecule has 0 N–H and O–H groups in total. The van der Waals surface area contributed by atoms with Crippen LogP contribution in [0.1, 0.15) is 11.1 Å². The molecule has 0 saturated carbocycles. The maximum absolute atomic E-state index is 14.9. The average Bonchev–Trinajstić information content (AvgIpc) is 3.66. The lowest BCUT2D eigenvalue weighted by Crippen LogP contribution is -2.40. The third kappa shape index (κ3) is 5.07. The molecule has 0 amide bonds. The van der Waals surface area contributed by atoms with E-state index in [1.54, 1.807) is 44.7 Å². The number of hydrogen-bond donors (Lipinski definition) is 0. The van der Waals surface area contributed by atoms with E-state index in [9.17, 15) is 28.5 Å². The van der Waals surface area contributed by atoms with Crippen molar-refractivity contribution >= 4 is 27.2 Å². The van der Waals surface area contributed by atoms with Crippen molar-refractivity contribution in [1.29, 1.82) is 0 Å². The summed E-state index contributed by atoms with van der Waals surface area (Å²) in [5, 5.41) is 23.7. The van der Waals surface area contributed by atoms with E-state index in [0.717, 1.165) is 32.6 Å². The molecule has 0 fully saturated rings. The molecule has 0 bridgehead atoms. The Balaban J connectivity index is 1.65. The molecular weight excluding hydrogens is 594 g/mol. The highest BCUT2D eigenvalue weighted by atomic mass is 32.1. The third-order valence-corrected chi connectivity index (χ3v) is 8.17. The molecule has 44 heavy (non-hydrogen) atoms. The van der Waals surface area contributed by atoms with Gasteiger partial charge < -0.3 is 4.90 Å². The van der Waals surface area contributed by atoms with Crippen molar-refractivity contribution in [3.63, 3.8) is 0 Å². The van der Waals surface area contributed by atoms with Gasteiger partial charge in [0.15, 0.2) is 11.6 Å². The molecule has 6 aromatic rings. The number of non-ortho nitro benzene ring substituents is 1. The number of nitro benzene ring substituents is 1. The predicted octanol–water partition coefficient (Wildman–Crippen LogP) is 4.15. The molecule has 0 aliphatic carbocycles. The van der Waals surface area contributed by atoms with Crippen LogP contribution in [0, 0.1) is 21.7 Å². The smallest absolute Gasteiger partial charge is 0.305 e. The lowest BCUT2D eigenvalue weighted by atomic mass is 10.1. The highest BCUT2D eigenvalue weighted by molar-refractivity contribution is 7.22. The van der Waals surface area contributed by atoms with Crippen LogP contribution in [0.25, 0.3) is 32.3 Å². The monoisotopic (exact) mass is 616 g/mol. The summed E-state index contributed by atoms with van der Waals surface area (Å²) in [6, 6.07) is 13.8. The average molecular weight is 617 g/mol.